The largest absolute Gasteiger partial charge is 0.317 e. The fourth-order valence-electron chi connectivity index (χ4n) is 0.916. The lowest BCUT2D eigenvalue weighted by Gasteiger charge is -2.17. The summed E-state index contributed by atoms with van der Waals surface area (Å²) in [5, 5.41) is 0. The zero-order valence-electron chi connectivity index (χ0n) is 7.79. The third kappa shape index (κ3) is 2.74. The van der Waals surface area contributed by atoms with E-state index in [1.165, 1.54) is 0 Å². The van der Waals surface area contributed by atoms with Crippen molar-refractivity contribution in [3.8, 4) is 0 Å². The minimum Gasteiger partial charge on any atom is -0.317 e. The first kappa shape index (κ1) is 10.2. The van der Waals surface area contributed by atoms with Crippen LogP contribution in [0.15, 0.2) is 12.3 Å². The van der Waals surface area contributed by atoms with Crippen LogP contribution >= 0.6 is 0 Å². The van der Waals surface area contributed by atoms with E-state index < -0.39 is 0 Å². The predicted molar refractivity (Wildman–Crippen MR) is 47.1 cm³/mol. The number of rotatable bonds is 1. The molecular formula is C9H17NO. The van der Waals surface area contributed by atoms with Gasteiger partial charge >= 0.3 is 0 Å². The van der Waals surface area contributed by atoms with Gasteiger partial charge in [-0.3, -0.25) is 4.79 Å². The molecule has 0 spiro atoms. The second kappa shape index (κ2) is 4.94. The van der Waals surface area contributed by atoms with Crippen LogP contribution in [0.2, 0.25) is 0 Å². The van der Waals surface area contributed by atoms with E-state index in [2.05, 4.69) is 0 Å². The first-order valence-corrected chi connectivity index (χ1v) is 4.19. The molecule has 11 heavy (non-hydrogen) atoms. The van der Waals surface area contributed by atoms with Crippen LogP contribution in [0, 0.1) is 0 Å². The lowest BCUT2D eigenvalue weighted by molar-refractivity contribution is -0.127. The van der Waals surface area contributed by atoms with Crippen molar-refractivity contribution in [3.05, 3.63) is 12.3 Å². The molecule has 2 nitrogen and oxygen atoms in total. The molecule has 0 bridgehead atoms. The van der Waals surface area contributed by atoms with E-state index in [1.807, 2.05) is 40.0 Å². The molecule has 1 rings (SSSR count). The van der Waals surface area contributed by atoms with Gasteiger partial charge in [-0.05, 0) is 13.8 Å². The molecule has 0 atom stereocenters. The topological polar surface area (TPSA) is 20.3 Å². The number of carbonyl (C=O) groups excluding carboxylic acids is 1. The minimum atomic E-state index is 0.213. The molecule has 2 heteroatoms. The maximum atomic E-state index is 10.9. The summed E-state index contributed by atoms with van der Waals surface area (Å²) in [6, 6.07) is 0.316. The van der Waals surface area contributed by atoms with Crippen LogP contribution in [0.3, 0.4) is 0 Å². The summed E-state index contributed by atoms with van der Waals surface area (Å²) in [7, 11) is 0. The van der Waals surface area contributed by atoms with Crippen molar-refractivity contribution in [1.82, 2.24) is 4.90 Å². The zero-order valence-corrected chi connectivity index (χ0v) is 7.79. The van der Waals surface area contributed by atoms with Gasteiger partial charge in [-0.15, -0.1) is 0 Å². The summed E-state index contributed by atoms with van der Waals surface area (Å²) in [5.41, 5.74) is 0. The summed E-state index contributed by atoms with van der Waals surface area (Å²) < 4.78 is 0. The highest BCUT2D eigenvalue weighted by Gasteiger charge is 2.16. The van der Waals surface area contributed by atoms with Crippen LogP contribution in [-0.4, -0.2) is 16.8 Å². The van der Waals surface area contributed by atoms with Crippen molar-refractivity contribution < 1.29 is 4.79 Å². The molecule has 0 saturated heterocycles. The average molecular weight is 155 g/mol. The van der Waals surface area contributed by atoms with Gasteiger partial charge in [0.05, 0.1) is 0 Å². The van der Waals surface area contributed by atoms with Crippen LogP contribution in [0.5, 0.6) is 0 Å². The standard InChI is InChI=1S/C7H11NO.C2H6/c1-6(2)8-5-3-4-7(8)9;1-2/h3,5-6H,4H2,1-2H3;1-2H3. The molecule has 1 aliphatic heterocycles. The lowest BCUT2D eigenvalue weighted by atomic mass is 10.3. The molecule has 0 fully saturated rings. The molecule has 0 N–H and O–H groups in total. The monoisotopic (exact) mass is 155 g/mol. The maximum absolute atomic E-state index is 10.9. The second-order valence-electron chi connectivity index (χ2n) is 2.48. The fraction of sp³-hybridized carbons (Fsp3) is 0.667. The molecule has 0 aromatic heterocycles. The highest BCUT2D eigenvalue weighted by atomic mass is 16.2. The summed E-state index contributed by atoms with van der Waals surface area (Å²) in [6.07, 6.45) is 4.33. The van der Waals surface area contributed by atoms with E-state index in [0.29, 0.717) is 12.5 Å². The predicted octanol–water partition coefficient (Wildman–Crippen LogP) is 2.17. The lowest BCUT2D eigenvalue weighted by Crippen LogP contribution is -2.27. The maximum Gasteiger partial charge on any atom is 0.230 e. The van der Waals surface area contributed by atoms with Crippen LogP contribution in [-0.2, 0) is 4.79 Å². The van der Waals surface area contributed by atoms with Crippen molar-refractivity contribution in [2.45, 2.75) is 40.2 Å². The third-order valence-corrected chi connectivity index (χ3v) is 1.40. The number of nitrogens with zero attached hydrogens (tertiary/aromatic N) is 1. The van der Waals surface area contributed by atoms with Gasteiger partial charge in [0, 0.05) is 18.7 Å². The van der Waals surface area contributed by atoms with E-state index in [9.17, 15) is 4.79 Å². The van der Waals surface area contributed by atoms with Crippen molar-refractivity contribution in [2.24, 2.45) is 0 Å². The first-order chi connectivity index (χ1) is 5.22. The van der Waals surface area contributed by atoms with Crippen LogP contribution in [0.4, 0.5) is 0 Å². The van der Waals surface area contributed by atoms with Gasteiger partial charge in [0.1, 0.15) is 0 Å². The third-order valence-electron chi connectivity index (χ3n) is 1.40. The van der Waals surface area contributed by atoms with Crippen molar-refractivity contribution in [2.75, 3.05) is 0 Å². The Balaban J connectivity index is 0.000000461. The Morgan fingerprint density at radius 3 is 2.18 bits per heavy atom. The van der Waals surface area contributed by atoms with Crippen molar-refractivity contribution >= 4 is 5.91 Å². The Kier molecular flexibility index (Phi) is 4.59. The Labute approximate surface area is 68.9 Å². The van der Waals surface area contributed by atoms with Gasteiger partial charge in [0.25, 0.3) is 0 Å². The average Bonchev–Trinajstić information content (AvgIpc) is 2.39. The van der Waals surface area contributed by atoms with E-state index in [4.69, 9.17) is 0 Å². The second-order valence-corrected chi connectivity index (χ2v) is 2.48. The first-order valence-electron chi connectivity index (χ1n) is 4.19. The van der Waals surface area contributed by atoms with Crippen LogP contribution < -0.4 is 0 Å². The van der Waals surface area contributed by atoms with Gasteiger partial charge in [0.2, 0.25) is 5.91 Å². The summed E-state index contributed by atoms with van der Waals surface area (Å²) >= 11 is 0. The minimum absolute atomic E-state index is 0.213. The van der Waals surface area contributed by atoms with Gasteiger partial charge in [-0.25, -0.2) is 0 Å². The smallest absolute Gasteiger partial charge is 0.230 e. The molecular weight excluding hydrogens is 138 g/mol. The molecule has 0 saturated carbocycles. The number of amides is 1. The normalized spacial score (nSPS) is 15.4. The van der Waals surface area contributed by atoms with Crippen LogP contribution in [0.1, 0.15) is 34.1 Å². The quantitative estimate of drug-likeness (QED) is 0.568. The Morgan fingerprint density at radius 2 is 2.00 bits per heavy atom. The van der Waals surface area contributed by atoms with Gasteiger partial charge in [-0.1, -0.05) is 19.9 Å². The molecule has 0 aliphatic carbocycles. The van der Waals surface area contributed by atoms with Gasteiger partial charge < -0.3 is 4.90 Å². The van der Waals surface area contributed by atoms with E-state index in [-0.39, 0.29) is 5.91 Å². The van der Waals surface area contributed by atoms with Crippen molar-refractivity contribution in [3.63, 3.8) is 0 Å². The molecule has 0 radical (unpaired) electrons. The van der Waals surface area contributed by atoms with Crippen LogP contribution in [0.25, 0.3) is 0 Å². The molecule has 0 unspecified atom stereocenters. The number of hydrogen-bond acceptors (Lipinski definition) is 1. The zero-order chi connectivity index (χ0) is 8.85. The summed E-state index contributed by atoms with van der Waals surface area (Å²) in [5.74, 6) is 0.213. The number of hydrogen-bond donors (Lipinski definition) is 0. The Hall–Kier alpha value is -0.790. The molecule has 1 amide bonds. The number of carbonyl (C=O) groups is 1. The molecule has 0 aromatic carbocycles. The highest BCUT2D eigenvalue weighted by molar-refractivity contribution is 5.81. The van der Waals surface area contributed by atoms with Crippen molar-refractivity contribution in [1.29, 1.82) is 0 Å². The SMILES string of the molecule is CC.CC(C)N1C=CCC1=O. The fourth-order valence-corrected chi connectivity index (χ4v) is 0.916. The summed E-state index contributed by atoms with van der Waals surface area (Å²) in [4.78, 5) is 12.6. The molecule has 64 valence electrons. The summed E-state index contributed by atoms with van der Waals surface area (Å²) in [6.45, 7) is 8.02. The van der Waals surface area contributed by atoms with E-state index in [1.54, 1.807) is 4.90 Å². The molecule has 1 heterocycles. The highest BCUT2D eigenvalue weighted by Crippen LogP contribution is 2.09. The molecule has 1 aliphatic rings. The van der Waals surface area contributed by atoms with E-state index >= 15 is 0 Å². The van der Waals surface area contributed by atoms with Gasteiger partial charge in [-0.2, -0.15) is 0 Å². The molecule has 0 aromatic rings. The Morgan fingerprint density at radius 1 is 1.45 bits per heavy atom. The van der Waals surface area contributed by atoms with E-state index in [0.717, 1.165) is 0 Å². The van der Waals surface area contributed by atoms with Gasteiger partial charge in [0.15, 0.2) is 0 Å². The Bertz CT molecular complexity index is 150.